The predicted molar refractivity (Wildman–Crippen MR) is 56.5 cm³/mol. The highest BCUT2D eigenvalue weighted by atomic mass is 35.5. The summed E-state index contributed by atoms with van der Waals surface area (Å²) in [5.74, 6) is 1.20. The van der Waals surface area contributed by atoms with Gasteiger partial charge in [-0.2, -0.15) is 16.9 Å². The molecule has 1 aliphatic heterocycles. The Bertz CT molecular complexity index is 313. The summed E-state index contributed by atoms with van der Waals surface area (Å²) < 4.78 is 0. The molecule has 0 radical (unpaired) electrons. The monoisotopic (exact) mass is 234 g/mol. The van der Waals surface area contributed by atoms with Crippen molar-refractivity contribution in [3.8, 4) is 0 Å². The number of hydrogen-bond acceptors (Lipinski definition) is 3. The molecule has 0 bridgehead atoms. The summed E-state index contributed by atoms with van der Waals surface area (Å²) in [5.41, 5.74) is 0.955. The molecule has 1 aliphatic rings. The Morgan fingerprint density at radius 1 is 1.38 bits per heavy atom. The van der Waals surface area contributed by atoms with Crippen LogP contribution in [0.2, 0.25) is 10.2 Å². The number of halogens is 2. The fourth-order valence-corrected chi connectivity index (χ4v) is 2.81. The van der Waals surface area contributed by atoms with Crippen LogP contribution in [0.1, 0.15) is 23.8 Å². The van der Waals surface area contributed by atoms with E-state index in [-0.39, 0.29) is 5.15 Å². The Morgan fingerprint density at radius 2 is 2.23 bits per heavy atom. The lowest BCUT2D eigenvalue weighted by Crippen LogP contribution is -1.96. The van der Waals surface area contributed by atoms with Gasteiger partial charge in [-0.3, -0.25) is 0 Å². The van der Waals surface area contributed by atoms with Crippen LogP contribution < -0.4 is 0 Å². The number of hydrogen-bond donors (Lipinski definition) is 0. The third kappa shape index (κ3) is 2.09. The van der Waals surface area contributed by atoms with Crippen molar-refractivity contribution in [3.05, 3.63) is 21.9 Å². The molecule has 5 heteroatoms. The lowest BCUT2D eigenvalue weighted by atomic mass is 10.2. The SMILES string of the molecule is Clc1cc(C2CCCS2)nnc1Cl. The van der Waals surface area contributed by atoms with E-state index < -0.39 is 0 Å². The van der Waals surface area contributed by atoms with E-state index in [0.29, 0.717) is 10.3 Å². The first-order valence-electron chi connectivity index (χ1n) is 4.07. The fraction of sp³-hybridized carbons (Fsp3) is 0.500. The van der Waals surface area contributed by atoms with E-state index in [4.69, 9.17) is 23.2 Å². The summed E-state index contributed by atoms with van der Waals surface area (Å²) in [6.07, 6.45) is 2.41. The average molecular weight is 235 g/mol. The van der Waals surface area contributed by atoms with E-state index >= 15 is 0 Å². The first-order valence-corrected chi connectivity index (χ1v) is 5.88. The van der Waals surface area contributed by atoms with Gasteiger partial charge in [-0.1, -0.05) is 23.2 Å². The minimum absolute atomic E-state index is 0.286. The van der Waals surface area contributed by atoms with Crippen molar-refractivity contribution in [2.24, 2.45) is 0 Å². The smallest absolute Gasteiger partial charge is 0.153 e. The molecule has 0 spiro atoms. The third-order valence-corrected chi connectivity index (χ3v) is 4.05. The van der Waals surface area contributed by atoms with Crippen molar-refractivity contribution >= 4 is 35.0 Å². The van der Waals surface area contributed by atoms with Crippen molar-refractivity contribution in [1.82, 2.24) is 10.2 Å². The van der Waals surface area contributed by atoms with Gasteiger partial charge in [0.2, 0.25) is 0 Å². The normalized spacial score (nSPS) is 22.2. The molecule has 1 unspecified atom stereocenters. The second-order valence-corrected chi connectivity index (χ2v) is 4.99. The molecule has 1 aromatic heterocycles. The average Bonchev–Trinajstić information content (AvgIpc) is 2.62. The molecule has 0 amide bonds. The minimum Gasteiger partial charge on any atom is -0.153 e. The largest absolute Gasteiger partial charge is 0.170 e. The summed E-state index contributed by atoms with van der Waals surface area (Å²) in [6.45, 7) is 0. The molecule has 2 heterocycles. The zero-order valence-corrected chi connectivity index (χ0v) is 9.16. The molecule has 0 N–H and O–H groups in total. The van der Waals surface area contributed by atoms with Crippen molar-refractivity contribution in [1.29, 1.82) is 0 Å². The summed E-state index contributed by atoms with van der Waals surface area (Å²) in [7, 11) is 0. The van der Waals surface area contributed by atoms with Crippen LogP contribution in [-0.4, -0.2) is 16.0 Å². The summed E-state index contributed by atoms with van der Waals surface area (Å²) in [4.78, 5) is 0. The molecule has 1 aromatic rings. The Kier molecular flexibility index (Phi) is 2.96. The van der Waals surface area contributed by atoms with Crippen LogP contribution in [0.4, 0.5) is 0 Å². The number of aromatic nitrogens is 2. The molecule has 0 aliphatic carbocycles. The highest BCUT2D eigenvalue weighted by Gasteiger charge is 2.20. The Morgan fingerprint density at radius 3 is 2.85 bits per heavy atom. The fourth-order valence-electron chi connectivity index (χ4n) is 1.34. The van der Waals surface area contributed by atoms with Gasteiger partial charge in [0.25, 0.3) is 0 Å². The summed E-state index contributed by atoms with van der Waals surface area (Å²) >= 11 is 13.4. The topological polar surface area (TPSA) is 25.8 Å². The van der Waals surface area contributed by atoms with Crippen LogP contribution in [0, 0.1) is 0 Å². The lowest BCUT2D eigenvalue weighted by molar-refractivity contribution is 0.784. The van der Waals surface area contributed by atoms with Gasteiger partial charge < -0.3 is 0 Å². The van der Waals surface area contributed by atoms with Gasteiger partial charge >= 0.3 is 0 Å². The van der Waals surface area contributed by atoms with E-state index in [0.717, 1.165) is 12.1 Å². The van der Waals surface area contributed by atoms with Crippen molar-refractivity contribution in [3.63, 3.8) is 0 Å². The maximum absolute atomic E-state index is 5.85. The molecule has 13 heavy (non-hydrogen) atoms. The Hall–Kier alpha value is 0.01000. The molecular formula is C8H8Cl2N2S. The Labute approximate surface area is 91.0 Å². The molecule has 0 saturated carbocycles. The van der Waals surface area contributed by atoms with E-state index in [2.05, 4.69) is 10.2 Å². The number of thioether (sulfide) groups is 1. The molecule has 70 valence electrons. The Balaban J connectivity index is 2.25. The van der Waals surface area contributed by atoms with Crippen LogP contribution in [-0.2, 0) is 0 Å². The van der Waals surface area contributed by atoms with Crippen LogP contribution >= 0.6 is 35.0 Å². The van der Waals surface area contributed by atoms with Crippen molar-refractivity contribution in [2.45, 2.75) is 18.1 Å². The maximum atomic E-state index is 5.85. The quantitative estimate of drug-likeness (QED) is 0.746. The van der Waals surface area contributed by atoms with Crippen LogP contribution in [0.3, 0.4) is 0 Å². The van der Waals surface area contributed by atoms with Gasteiger partial charge in [0.1, 0.15) is 0 Å². The zero-order chi connectivity index (χ0) is 9.26. The molecule has 1 saturated heterocycles. The number of nitrogens with zero attached hydrogens (tertiary/aromatic N) is 2. The summed E-state index contributed by atoms with van der Waals surface area (Å²) in [6, 6.07) is 1.82. The molecule has 1 atom stereocenters. The molecular weight excluding hydrogens is 227 g/mol. The third-order valence-electron chi connectivity index (χ3n) is 1.98. The highest BCUT2D eigenvalue weighted by molar-refractivity contribution is 7.99. The van der Waals surface area contributed by atoms with Crippen LogP contribution in [0.15, 0.2) is 6.07 Å². The van der Waals surface area contributed by atoms with E-state index in [1.54, 1.807) is 0 Å². The zero-order valence-electron chi connectivity index (χ0n) is 6.83. The van der Waals surface area contributed by atoms with E-state index in [1.807, 2.05) is 17.8 Å². The van der Waals surface area contributed by atoms with Crippen LogP contribution in [0.25, 0.3) is 0 Å². The second kappa shape index (κ2) is 4.03. The standard InChI is InChI=1S/C8H8Cl2N2S/c9-5-4-6(11-12-8(5)10)7-2-1-3-13-7/h4,7H,1-3H2. The molecule has 1 fully saturated rings. The molecule has 2 rings (SSSR count). The highest BCUT2D eigenvalue weighted by Crippen LogP contribution is 2.39. The minimum atomic E-state index is 0.286. The van der Waals surface area contributed by atoms with Gasteiger partial charge in [-0.25, -0.2) is 0 Å². The van der Waals surface area contributed by atoms with Crippen molar-refractivity contribution in [2.75, 3.05) is 5.75 Å². The van der Waals surface area contributed by atoms with Crippen molar-refractivity contribution < 1.29 is 0 Å². The van der Waals surface area contributed by atoms with Gasteiger partial charge in [-0.15, -0.1) is 5.10 Å². The lowest BCUT2D eigenvalue weighted by Gasteiger charge is -2.06. The van der Waals surface area contributed by atoms with E-state index in [1.165, 1.54) is 12.2 Å². The van der Waals surface area contributed by atoms with Gasteiger partial charge in [-0.05, 0) is 24.7 Å². The first kappa shape index (κ1) is 9.56. The molecule has 0 aromatic carbocycles. The first-order chi connectivity index (χ1) is 6.27. The van der Waals surface area contributed by atoms with E-state index in [9.17, 15) is 0 Å². The van der Waals surface area contributed by atoms with Gasteiger partial charge in [0, 0.05) is 5.25 Å². The summed E-state index contributed by atoms with van der Waals surface area (Å²) in [5, 5.41) is 9.07. The number of rotatable bonds is 1. The predicted octanol–water partition coefficient (Wildman–Crippen LogP) is 3.35. The van der Waals surface area contributed by atoms with Gasteiger partial charge in [0.15, 0.2) is 5.15 Å². The second-order valence-electron chi connectivity index (χ2n) is 2.91. The van der Waals surface area contributed by atoms with Crippen LogP contribution in [0.5, 0.6) is 0 Å². The maximum Gasteiger partial charge on any atom is 0.170 e. The van der Waals surface area contributed by atoms with Gasteiger partial charge in [0.05, 0.1) is 10.7 Å². The molecule has 2 nitrogen and oxygen atoms in total.